The third-order valence-corrected chi connectivity index (χ3v) is 4.78. The van der Waals surface area contributed by atoms with Crippen molar-refractivity contribution in [2.24, 2.45) is 0 Å². The predicted molar refractivity (Wildman–Crippen MR) is 102 cm³/mol. The number of benzene rings is 2. The van der Waals surface area contributed by atoms with Gasteiger partial charge < -0.3 is 14.4 Å². The zero-order chi connectivity index (χ0) is 21.1. The molecule has 0 saturated heterocycles. The molecule has 0 radical (unpaired) electrons. The van der Waals surface area contributed by atoms with Crippen molar-refractivity contribution in [3.63, 3.8) is 0 Å². The van der Waals surface area contributed by atoms with E-state index in [2.05, 4.69) is 25.4 Å². The number of nitrogens with zero attached hydrogens (tertiary/aromatic N) is 4. The van der Waals surface area contributed by atoms with E-state index >= 15 is 0 Å². The van der Waals surface area contributed by atoms with Crippen LogP contribution in [0, 0.1) is 0 Å². The van der Waals surface area contributed by atoms with Crippen LogP contribution >= 0.6 is 0 Å². The first-order valence-corrected chi connectivity index (χ1v) is 9.31. The first-order chi connectivity index (χ1) is 14.5. The number of rotatable bonds is 8. The summed E-state index contributed by atoms with van der Waals surface area (Å²) >= 11 is 0. The standard InChI is InChI=1S/C20H19F2N5O3/c1-29-17-10-12(2-9-16(17)30-20(21)22)11-27(15-7-8-15)19(28)14-5-3-13(4-6-14)18-23-25-26-24-18/h2-6,9-10,15,20H,7-8,11H2,1H3,(H,23,24,25,26). The summed E-state index contributed by atoms with van der Waals surface area (Å²) in [6.07, 6.45) is 1.85. The molecule has 156 valence electrons. The number of methoxy groups -OCH3 is 1. The molecule has 1 heterocycles. The van der Waals surface area contributed by atoms with Crippen LogP contribution in [-0.2, 0) is 6.54 Å². The van der Waals surface area contributed by atoms with Crippen molar-refractivity contribution in [1.29, 1.82) is 0 Å². The second kappa shape index (κ2) is 8.44. The molecule has 1 N–H and O–H groups in total. The molecule has 3 aromatic rings. The van der Waals surface area contributed by atoms with Crippen molar-refractivity contribution >= 4 is 5.91 Å². The molecule has 30 heavy (non-hydrogen) atoms. The number of aromatic amines is 1. The third-order valence-electron chi connectivity index (χ3n) is 4.78. The van der Waals surface area contributed by atoms with E-state index in [-0.39, 0.29) is 23.4 Å². The zero-order valence-electron chi connectivity index (χ0n) is 16.1. The number of aromatic nitrogens is 4. The fourth-order valence-electron chi connectivity index (χ4n) is 3.17. The molecule has 8 nitrogen and oxygen atoms in total. The van der Waals surface area contributed by atoms with E-state index in [9.17, 15) is 13.6 Å². The second-order valence-corrected chi connectivity index (χ2v) is 6.84. The van der Waals surface area contributed by atoms with E-state index in [1.54, 1.807) is 41.3 Å². The van der Waals surface area contributed by atoms with Crippen LogP contribution in [0.15, 0.2) is 42.5 Å². The quantitative estimate of drug-likeness (QED) is 0.607. The van der Waals surface area contributed by atoms with Crippen molar-refractivity contribution in [3.8, 4) is 22.9 Å². The van der Waals surface area contributed by atoms with Crippen LogP contribution in [0.25, 0.3) is 11.4 Å². The van der Waals surface area contributed by atoms with Gasteiger partial charge in [0.2, 0.25) is 5.82 Å². The summed E-state index contributed by atoms with van der Waals surface area (Å²) in [5, 5.41) is 13.8. The topological polar surface area (TPSA) is 93.2 Å². The summed E-state index contributed by atoms with van der Waals surface area (Å²) < 4.78 is 34.7. The van der Waals surface area contributed by atoms with E-state index in [1.807, 2.05) is 0 Å². The lowest BCUT2D eigenvalue weighted by molar-refractivity contribution is -0.0512. The lowest BCUT2D eigenvalue weighted by atomic mass is 10.1. The van der Waals surface area contributed by atoms with Crippen LogP contribution in [0.2, 0.25) is 0 Å². The lowest BCUT2D eigenvalue weighted by Crippen LogP contribution is -2.32. The Balaban J connectivity index is 1.52. The third kappa shape index (κ3) is 4.37. The van der Waals surface area contributed by atoms with Gasteiger partial charge in [0.25, 0.3) is 5.91 Å². The number of alkyl halides is 2. The second-order valence-electron chi connectivity index (χ2n) is 6.84. The van der Waals surface area contributed by atoms with Crippen molar-refractivity contribution in [2.45, 2.75) is 32.0 Å². The molecule has 10 heteroatoms. The van der Waals surface area contributed by atoms with E-state index in [1.165, 1.54) is 13.2 Å². The maximum absolute atomic E-state index is 13.1. The van der Waals surface area contributed by atoms with Crippen LogP contribution in [0.1, 0.15) is 28.8 Å². The normalized spacial score (nSPS) is 13.3. The number of hydrogen-bond acceptors (Lipinski definition) is 6. The molecular weight excluding hydrogens is 396 g/mol. The highest BCUT2D eigenvalue weighted by atomic mass is 19.3. The molecule has 1 amide bonds. The maximum Gasteiger partial charge on any atom is 0.387 e. The van der Waals surface area contributed by atoms with Crippen molar-refractivity contribution in [1.82, 2.24) is 25.5 Å². The molecule has 0 aliphatic heterocycles. The zero-order valence-corrected chi connectivity index (χ0v) is 16.1. The maximum atomic E-state index is 13.1. The highest BCUT2D eigenvalue weighted by Crippen LogP contribution is 2.33. The Morgan fingerprint density at radius 2 is 1.97 bits per heavy atom. The summed E-state index contributed by atoms with van der Waals surface area (Å²) in [7, 11) is 1.38. The SMILES string of the molecule is COc1cc(CN(C(=O)c2ccc(-c3nn[nH]n3)cc2)C2CC2)ccc1OC(F)F. The first kappa shape index (κ1) is 19.7. The summed E-state index contributed by atoms with van der Waals surface area (Å²) in [6, 6.07) is 11.8. The molecular formula is C20H19F2N5O3. The first-order valence-electron chi connectivity index (χ1n) is 9.31. The van der Waals surface area contributed by atoms with E-state index in [0.29, 0.717) is 17.9 Å². The van der Waals surface area contributed by atoms with Gasteiger partial charge in [-0.1, -0.05) is 18.2 Å². The molecule has 0 atom stereocenters. The van der Waals surface area contributed by atoms with Crippen LogP contribution in [0.5, 0.6) is 11.5 Å². The average molecular weight is 415 g/mol. The van der Waals surface area contributed by atoms with Crippen molar-refractivity contribution < 1.29 is 23.0 Å². The van der Waals surface area contributed by atoms with E-state index < -0.39 is 6.61 Å². The molecule has 1 aliphatic rings. The summed E-state index contributed by atoms with van der Waals surface area (Å²) in [4.78, 5) is 14.9. The average Bonchev–Trinajstić information content (AvgIpc) is 3.44. The minimum absolute atomic E-state index is 0.0439. The Kier molecular flexibility index (Phi) is 5.55. The van der Waals surface area contributed by atoms with Gasteiger partial charge in [-0.05, 0) is 47.9 Å². The molecule has 2 aromatic carbocycles. The minimum Gasteiger partial charge on any atom is -0.493 e. The predicted octanol–water partition coefficient (Wildman–Crippen LogP) is 3.28. The number of carbonyl (C=O) groups is 1. The fraction of sp³-hybridized carbons (Fsp3) is 0.300. The van der Waals surface area contributed by atoms with Gasteiger partial charge in [-0.3, -0.25) is 4.79 Å². The molecule has 1 aliphatic carbocycles. The molecule has 0 spiro atoms. The molecule has 1 fully saturated rings. The van der Waals surface area contributed by atoms with Crippen LogP contribution < -0.4 is 9.47 Å². The summed E-state index contributed by atoms with van der Waals surface area (Å²) in [6.45, 7) is -2.61. The monoisotopic (exact) mass is 415 g/mol. The van der Waals surface area contributed by atoms with Gasteiger partial charge in [-0.25, -0.2) is 0 Å². The van der Waals surface area contributed by atoms with Gasteiger partial charge in [0, 0.05) is 23.7 Å². The van der Waals surface area contributed by atoms with Gasteiger partial charge >= 0.3 is 6.61 Å². The smallest absolute Gasteiger partial charge is 0.387 e. The molecule has 0 unspecified atom stereocenters. The molecule has 0 bridgehead atoms. The largest absolute Gasteiger partial charge is 0.493 e. The Bertz CT molecular complexity index is 1010. The fourth-order valence-corrected chi connectivity index (χ4v) is 3.17. The Hall–Kier alpha value is -3.56. The van der Waals surface area contributed by atoms with Gasteiger partial charge in [0.1, 0.15) is 0 Å². The summed E-state index contributed by atoms with van der Waals surface area (Å²) in [5.74, 6) is 0.494. The number of amides is 1. The Morgan fingerprint density at radius 1 is 1.20 bits per heavy atom. The van der Waals surface area contributed by atoms with E-state index in [0.717, 1.165) is 24.0 Å². The molecule has 4 rings (SSSR count). The number of halogens is 2. The van der Waals surface area contributed by atoms with Crippen LogP contribution in [-0.4, -0.2) is 51.2 Å². The highest BCUT2D eigenvalue weighted by Gasteiger charge is 2.33. The molecule has 1 saturated carbocycles. The highest BCUT2D eigenvalue weighted by molar-refractivity contribution is 5.95. The molecule has 1 aromatic heterocycles. The Labute approximate surface area is 170 Å². The number of carbonyl (C=O) groups excluding carboxylic acids is 1. The number of H-pyrrole nitrogens is 1. The number of nitrogens with one attached hydrogen (secondary N) is 1. The van der Waals surface area contributed by atoms with Gasteiger partial charge in [-0.2, -0.15) is 14.0 Å². The Morgan fingerprint density at radius 3 is 2.57 bits per heavy atom. The van der Waals surface area contributed by atoms with Gasteiger partial charge in [0.05, 0.1) is 7.11 Å². The van der Waals surface area contributed by atoms with Crippen molar-refractivity contribution in [2.75, 3.05) is 7.11 Å². The van der Waals surface area contributed by atoms with Crippen molar-refractivity contribution in [3.05, 3.63) is 53.6 Å². The number of ether oxygens (including phenoxy) is 2. The van der Waals surface area contributed by atoms with E-state index in [4.69, 9.17) is 4.74 Å². The van der Waals surface area contributed by atoms with Crippen LogP contribution in [0.4, 0.5) is 8.78 Å². The van der Waals surface area contributed by atoms with Gasteiger partial charge in [-0.15, -0.1) is 10.2 Å². The number of hydrogen-bond donors (Lipinski definition) is 1. The lowest BCUT2D eigenvalue weighted by Gasteiger charge is -2.23. The summed E-state index contributed by atoms with van der Waals surface area (Å²) in [5.41, 5.74) is 2.05. The number of tetrazole rings is 1. The van der Waals surface area contributed by atoms with Gasteiger partial charge in [0.15, 0.2) is 11.5 Å². The van der Waals surface area contributed by atoms with Crippen LogP contribution in [0.3, 0.4) is 0 Å². The minimum atomic E-state index is -2.94.